The van der Waals surface area contributed by atoms with Gasteiger partial charge in [-0.15, -0.1) is 5.10 Å². The summed E-state index contributed by atoms with van der Waals surface area (Å²) in [6.07, 6.45) is 4.15. The van der Waals surface area contributed by atoms with Crippen LogP contribution in [0, 0.1) is 5.82 Å². The molecule has 0 bridgehead atoms. The normalized spacial score (nSPS) is 15.6. The summed E-state index contributed by atoms with van der Waals surface area (Å²) in [6.45, 7) is 2.54. The van der Waals surface area contributed by atoms with Crippen molar-refractivity contribution in [3.63, 3.8) is 0 Å². The fourth-order valence-electron chi connectivity index (χ4n) is 4.64. The van der Waals surface area contributed by atoms with Crippen LogP contribution >= 0.6 is 0 Å². The van der Waals surface area contributed by atoms with Crippen molar-refractivity contribution in [3.05, 3.63) is 94.7 Å². The van der Waals surface area contributed by atoms with Gasteiger partial charge < -0.3 is 9.15 Å². The molecule has 9 nitrogen and oxygen atoms in total. The molecule has 0 saturated carbocycles. The number of hydrogen-bond acceptors (Lipinski definition) is 8. The Hall–Kier alpha value is -4.04. The number of halogens is 4. The van der Waals surface area contributed by atoms with Gasteiger partial charge in [-0.3, -0.25) is 9.58 Å². The van der Waals surface area contributed by atoms with Gasteiger partial charge in [0.15, 0.2) is 9.84 Å². The second-order valence-electron chi connectivity index (χ2n) is 10.5. The van der Waals surface area contributed by atoms with Crippen LogP contribution in [0.2, 0.25) is 0 Å². The van der Waals surface area contributed by atoms with Gasteiger partial charge in [0.2, 0.25) is 5.89 Å². The molecule has 4 aromatic rings. The fourth-order valence-corrected chi connectivity index (χ4v) is 5.91. The summed E-state index contributed by atoms with van der Waals surface area (Å²) in [4.78, 5) is 6.32. The molecule has 0 amide bonds. The van der Waals surface area contributed by atoms with Gasteiger partial charge in [0, 0.05) is 44.0 Å². The van der Waals surface area contributed by atoms with E-state index in [-0.39, 0.29) is 29.6 Å². The van der Waals surface area contributed by atoms with E-state index in [2.05, 4.69) is 20.2 Å². The van der Waals surface area contributed by atoms with Crippen LogP contribution in [0.25, 0.3) is 12.2 Å². The topological polar surface area (TPSA) is 103 Å². The second-order valence-corrected chi connectivity index (χ2v) is 12.8. The summed E-state index contributed by atoms with van der Waals surface area (Å²) in [7, 11) is -2.90. The molecular weight excluding hydrogens is 602 g/mol. The maximum Gasteiger partial charge on any atom is 0.416 e. The maximum atomic E-state index is 14.0. The van der Waals surface area contributed by atoms with Gasteiger partial charge >= 0.3 is 6.18 Å². The first-order valence-corrected chi connectivity index (χ1v) is 15.9. The minimum atomic E-state index is -4.61. The van der Waals surface area contributed by atoms with Crippen LogP contribution in [0.1, 0.15) is 46.8 Å². The first-order chi connectivity index (χ1) is 21.0. The summed E-state index contributed by atoms with van der Waals surface area (Å²) in [5.41, 5.74) is 1.43. The van der Waals surface area contributed by atoms with Crippen molar-refractivity contribution < 1.29 is 35.1 Å². The molecule has 0 unspecified atom stereocenters. The molecule has 44 heavy (non-hydrogen) atoms. The second kappa shape index (κ2) is 13.7. The lowest BCUT2D eigenvalue weighted by Gasteiger charge is -2.25. The predicted octanol–water partition coefficient (Wildman–Crippen LogP) is 5.43. The number of unbranched alkanes of at least 4 members (excludes halogenated alkanes) is 1. The van der Waals surface area contributed by atoms with E-state index in [1.807, 2.05) is 35.1 Å². The zero-order valence-electron chi connectivity index (χ0n) is 23.7. The highest BCUT2D eigenvalue weighted by molar-refractivity contribution is 7.91. The van der Waals surface area contributed by atoms with Crippen LogP contribution in [0.15, 0.2) is 59.3 Å². The van der Waals surface area contributed by atoms with Gasteiger partial charge in [-0.05, 0) is 55.2 Å². The average molecular weight is 634 g/mol. The zero-order chi connectivity index (χ0) is 31.2. The van der Waals surface area contributed by atoms with E-state index in [1.165, 1.54) is 24.0 Å². The van der Waals surface area contributed by atoms with E-state index in [4.69, 9.17) is 9.15 Å². The minimum Gasteiger partial charge on any atom is -0.487 e. The Morgan fingerprint density at radius 2 is 1.77 bits per heavy atom. The number of alkyl halides is 3. The van der Waals surface area contributed by atoms with Crippen molar-refractivity contribution >= 4 is 22.0 Å². The highest BCUT2D eigenvalue weighted by atomic mass is 32.2. The largest absolute Gasteiger partial charge is 0.487 e. The van der Waals surface area contributed by atoms with E-state index in [9.17, 15) is 26.0 Å². The molecule has 1 fully saturated rings. The first-order valence-electron chi connectivity index (χ1n) is 14.1. The average Bonchev–Trinajstić information content (AvgIpc) is 3.64. The number of hydrogen-bond donors (Lipinski definition) is 0. The smallest absolute Gasteiger partial charge is 0.416 e. The summed E-state index contributed by atoms with van der Waals surface area (Å²) in [6, 6.07) is 10.1. The maximum absolute atomic E-state index is 14.0. The predicted molar refractivity (Wildman–Crippen MR) is 154 cm³/mol. The third-order valence-electron chi connectivity index (χ3n) is 7.12. The number of aromatic nitrogens is 4. The molecule has 3 heterocycles. The van der Waals surface area contributed by atoms with Crippen LogP contribution in [0.4, 0.5) is 17.6 Å². The molecule has 0 N–H and O–H groups in total. The number of nitrogens with zero attached hydrogens (tertiary/aromatic N) is 5. The molecule has 0 spiro atoms. The van der Waals surface area contributed by atoms with Crippen LogP contribution in [-0.2, 0) is 42.1 Å². The van der Waals surface area contributed by atoms with Gasteiger partial charge in [-0.2, -0.15) is 13.2 Å². The Balaban J connectivity index is 1.01. The van der Waals surface area contributed by atoms with E-state index in [0.29, 0.717) is 37.1 Å². The van der Waals surface area contributed by atoms with Gasteiger partial charge in [0.1, 0.15) is 30.1 Å². The van der Waals surface area contributed by atoms with Crippen molar-refractivity contribution in [2.45, 2.75) is 45.1 Å². The number of oxazole rings is 1. The van der Waals surface area contributed by atoms with Crippen molar-refractivity contribution in [2.75, 3.05) is 24.6 Å². The van der Waals surface area contributed by atoms with E-state index in [0.717, 1.165) is 43.6 Å². The van der Waals surface area contributed by atoms with E-state index < -0.39 is 27.4 Å². The van der Waals surface area contributed by atoms with Gasteiger partial charge in [0.25, 0.3) is 0 Å². The molecule has 2 aromatic carbocycles. The Kier molecular flexibility index (Phi) is 9.79. The lowest BCUT2D eigenvalue weighted by Crippen LogP contribution is -2.39. The quantitative estimate of drug-likeness (QED) is 0.150. The summed E-state index contributed by atoms with van der Waals surface area (Å²) < 4.78 is 88.3. The lowest BCUT2D eigenvalue weighted by atomic mass is 10.1. The van der Waals surface area contributed by atoms with Crippen LogP contribution in [0.5, 0.6) is 5.75 Å². The highest BCUT2D eigenvalue weighted by Gasteiger charge is 2.31. The number of benzene rings is 2. The van der Waals surface area contributed by atoms with Crippen molar-refractivity contribution in [2.24, 2.45) is 0 Å². The molecule has 2 aromatic heterocycles. The van der Waals surface area contributed by atoms with Crippen LogP contribution in [-0.4, -0.2) is 57.9 Å². The van der Waals surface area contributed by atoms with Gasteiger partial charge in [0.05, 0.1) is 22.8 Å². The number of ether oxygens (including phenoxy) is 1. The third-order valence-corrected chi connectivity index (χ3v) is 8.73. The molecule has 1 aliphatic rings. The highest BCUT2D eigenvalue weighted by Crippen LogP contribution is 2.30. The van der Waals surface area contributed by atoms with E-state index >= 15 is 0 Å². The van der Waals surface area contributed by atoms with Crippen molar-refractivity contribution in [1.82, 2.24) is 24.9 Å². The third kappa shape index (κ3) is 8.99. The first kappa shape index (κ1) is 31.4. The molecule has 1 aliphatic heterocycles. The molecule has 0 aliphatic carbocycles. The molecule has 1 saturated heterocycles. The fraction of sp³-hybridized carbons (Fsp3) is 0.367. The van der Waals surface area contributed by atoms with Crippen molar-refractivity contribution in [1.29, 1.82) is 0 Å². The number of rotatable bonds is 12. The minimum absolute atomic E-state index is 0.0208. The molecule has 0 atom stereocenters. The van der Waals surface area contributed by atoms with Gasteiger partial charge in [-0.1, -0.05) is 23.4 Å². The summed E-state index contributed by atoms with van der Waals surface area (Å²) in [5, 5.41) is 8.41. The Bertz CT molecular complexity index is 1670. The molecule has 5 rings (SSSR count). The Morgan fingerprint density at radius 1 is 1.00 bits per heavy atom. The molecule has 14 heteroatoms. The Morgan fingerprint density at radius 3 is 2.50 bits per heavy atom. The Labute approximate surface area is 252 Å². The van der Waals surface area contributed by atoms with Gasteiger partial charge in [-0.25, -0.2) is 17.8 Å². The SMILES string of the molecule is O=S1(=O)CCN(Cc2cn(CCCCc3ccc(OCc4coc(C=Cc5ccc(C(F)(F)F)cc5F)n4)cc3)nn2)CC1. The van der Waals surface area contributed by atoms with Crippen molar-refractivity contribution in [3.8, 4) is 5.75 Å². The standard InChI is InChI=1S/C30H31F4N5O4S/c31-28-17-24(30(32,33)34)8-6-23(28)7-11-29-35-26(21-43-29)20-42-27-9-4-22(5-10-27)3-1-2-12-39-19-25(36-37-39)18-38-13-15-44(40,41)16-14-38/h4-11,17,19,21H,1-3,12-16,18,20H2. The molecular formula is C30H31F4N5O4S. The zero-order valence-corrected chi connectivity index (χ0v) is 24.5. The number of aryl methyl sites for hydroxylation is 2. The number of sulfone groups is 1. The summed E-state index contributed by atoms with van der Waals surface area (Å²) >= 11 is 0. The molecule has 234 valence electrons. The monoisotopic (exact) mass is 633 g/mol. The molecule has 0 radical (unpaired) electrons. The summed E-state index contributed by atoms with van der Waals surface area (Å²) in [5.74, 6) is 0.212. The van der Waals surface area contributed by atoms with Crippen LogP contribution in [0.3, 0.4) is 0 Å². The lowest BCUT2D eigenvalue weighted by molar-refractivity contribution is -0.137. The van der Waals surface area contributed by atoms with E-state index in [1.54, 1.807) is 0 Å². The van der Waals surface area contributed by atoms with Crippen LogP contribution < -0.4 is 4.74 Å².